The van der Waals surface area contributed by atoms with E-state index in [-0.39, 0.29) is 10.6 Å². The Balaban J connectivity index is 2.51. The lowest BCUT2D eigenvalue weighted by Gasteiger charge is -2.09. The fourth-order valence-corrected chi connectivity index (χ4v) is 3.11. The van der Waals surface area contributed by atoms with E-state index in [1.165, 1.54) is 30.5 Å². The van der Waals surface area contributed by atoms with Crippen LogP contribution in [0.1, 0.15) is 5.69 Å². The molecule has 0 aliphatic heterocycles. The van der Waals surface area contributed by atoms with E-state index >= 15 is 0 Å². The molecule has 0 bridgehead atoms. The molecule has 7 nitrogen and oxygen atoms in total. The number of carboxylic acids is 1. The first-order chi connectivity index (χ1) is 10.3. The molecule has 114 valence electrons. The smallest absolute Gasteiger partial charge is 0.376 e. The summed E-state index contributed by atoms with van der Waals surface area (Å²) >= 11 is 0. The maximum Gasteiger partial charge on any atom is 0.376 e. The average Bonchev–Trinajstić information content (AvgIpc) is 2.98. The van der Waals surface area contributed by atoms with Gasteiger partial charge >= 0.3 is 5.97 Å². The van der Waals surface area contributed by atoms with E-state index in [0.717, 1.165) is 3.97 Å². The van der Waals surface area contributed by atoms with Crippen LogP contribution in [0.4, 0.5) is 0 Å². The van der Waals surface area contributed by atoms with Crippen LogP contribution in [-0.2, 0) is 19.6 Å². The summed E-state index contributed by atoms with van der Waals surface area (Å²) in [4.78, 5) is 21.6. The summed E-state index contributed by atoms with van der Waals surface area (Å²) < 4.78 is 25.7. The van der Waals surface area contributed by atoms with Gasteiger partial charge < -0.3 is 10.2 Å². The van der Waals surface area contributed by atoms with E-state index in [2.05, 4.69) is 0 Å². The maximum absolute atomic E-state index is 12.5. The lowest BCUT2D eigenvalue weighted by Crippen LogP contribution is -2.15. The lowest BCUT2D eigenvalue weighted by molar-refractivity contribution is -0.146. The molecule has 2 N–H and O–H groups in total. The molecule has 8 heteroatoms. The van der Waals surface area contributed by atoms with Crippen LogP contribution in [0.15, 0.2) is 59.6 Å². The highest BCUT2D eigenvalue weighted by Crippen LogP contribution is 2.20. The molecule has 0 atom stereocenters. The first kappa shape index (κ1) is 15.5. The monoisotopic (exact) mass is 321 g/mol. The predicted molar refractivity (Wildman–Crippen MR) is 76.7 cm³/mol. The first-order valence-corrected chi connectivity index (χ1v) is 7.44. The van der Waals surface area contributed by atoms with Crippen molar-refractivity contribution in [3.8, 4) is 0 Å². The molecule has 1 aromatic carbocycles. The molecule has 0 radical (unpaired) electrons. The summed E-state index contributed by atoms with van der Waals surface area (Å²) in [6.45, 7) is 0. The molecule has 0 amide bonds. The van der Waals surface area contributed by atoms with Gasteiger partial charge in [0.15, 0.2) is 0 Å². The minimum absolute atomic E-state index is 0.00943. The molecule has 0 saturated carbocycles. The zero-order chi connectivity index (χ0) is 16.3. The zero-order valence-electron chi connectivity index (χ0n) is 11.1. The minimum Gasteiger partial charge on any atom is -0.506 e. The Labute approximate surface area is 125 Å². The van der Waals surface area contributed by atoms with Crippen LogP contribution < -0.4 is 0 Å². The van der Waals surface area contributed by atoms with Crippen LogP contribution in [0.2, 0.25) is 0 Å². The molecule has 22 heavy (non-hydrogen) atoms. The summed E-state index contributed by atoms with van der Waals surface area (Å²) in [7, 11) is -3.97. The number of nitrogens with zero attached hydrogens (tertiary/aromatic N) is 1. The number of ketones is 1. The third-order valence-electron chi connectivity index (χ3n) is 2.75. The summed E-state index contributed by atoms with van der Waals surface area (Å²) in [5, 5.41) is 18.3. The van der Waals surface area contributed by atoms with Crippen LogP contribution in [0, 0.1) is 0 Å². The largest absolute Gasteiger partial charge is 0.506 e. The van der Waals surface area contributed by atoms with Crippen molar-refractivity contribution >= 4 is 27.5 Å². The Kier molecular flexibility index (Phi) is 4.13. The Morgan fingerprint density at radius 2 is 1.64 bits per heavy atom. The van der Waals surface area contributed by atoms with Crippen molar-refractivity contribution in [1.82, 2.24) is 3.97 Å². The fourth-order valence-electron chi connectivity index (χ4n) is 1.74. The number of carbonyl (C=O) groups excluding carboxylic acids is 1. The summed E-state index contributed by atoms with van der Waals surface area (Å²) in [5.41, 5.74) is -0.210. The number of carbonyl (C=O) groups is 2. The molecule has 1 heterocycles. The van der Waals surface area contributed by atoms with Crippen molar-refractivity contribution in [2.24, 2.45) is 0 Å². The third-order valence-corrected chi connectivity index (χ3v) is 4.46. The first-order valence-electron chi connectivity index (χ1n) is 6.00. The van der Waals surface area contributed by atoms with E-state index in [4.69, 9.17) is 5.11 Å². The van der Waals surface area contributed by atoms with Gasteiger partial charge in [0.1, 0.15) is 5.76 Å². The molecule has 2 aromatic rings. The standard InChI is InChI=1S/C14H11NO6S/c16-12(9-13(17)14(18)19)11-7-4-8-15(11)22(20,21)10-5-2-1-3-6-10/h1-9,16H,(H,18,19). The second kappa shape index (κ2) is 5.86. The normalized spacial score (nSPS) is 12.1. The number of rotatable bonds is 5. The molecular weight excluding hydrogens is 310 g/mol. The van der Waals surface area contributed by atoms with Gasteiger partial charge in [0.2, 0.25) is 0 Å². The van der Waals surface area contributed by atoms with Gasteiger partial charge in [0, 0.05) is 12.3 Å². The van der Waals surface area contributed by atoms with Gasteiger partial charge in [-0.15, -0.1) is 0 Å². The summed E-state index contributed by atoms with van der Waals surface area (Å²) in [5.74, 6) is -3.87. The van der Waals surface area contributed by atoms with Crippen molar-refractivity contribution in [1.29, 1.82) is 0 Å². The number of benzene rings is 1. The highest BCUT2D eigenvalue weighted by molar-refractivity contribution is 7.90. The van der Waals surface area contributed by atoms with Crippen LogP contribution in [-0.4, -0.2) is 34.4 Å². The molecule has 0 aliphatic carbocycles. The number of aliphatic carboxylic acids is 1. The van der Waals surface area contributed by atoms with Crippen LogP contribution in [0.3, 0.4) is 0 Å². The van der Waals surface area contributed by atoms with Gasteiger partial charge in [0.05, 0.1) is 10.6 Å². The molecule has 0 saturated heterocycles. The van der Waals surface area contributed by atoms with Gasteiger partial charge in [-0.3, -0.25) is 4.79 Å². The summed E-state index contributed by atoms with van der Waals surface area (Å²) in [6, 6.07) is 10.1. The van der Waals surface area contributed by atoms with Gasteiger partial charge in [0.25, 0.3) is 15.8 Å². The number of hydrogen-bond acceptors (Lipinski definition) is 5. The molecule has 0 fully saturated rings. The number of aromatic nitrogens is 1. The van der Waals surface area contributed by atoms with Crippen LogP contribution in [0.5, 0.6) is 0 Å². The SMILES string of the molecule is O=C(O)C(=O)C=C(O)c1cccn1S(=O)(=O)c1ccccc1. The summed E-state index contributed by atoms with van der Waals surface area (Å²) in [6.07, 6.45) is 1.64. The van der Waals surface area contributed by atoms with Crippen molar-refractivity contribution in [2.75, 3.05) is 0 Å². The van der Waals surface area contributed by atoms with Crippen LogP contribution >= 0.6 is 0 Å². The van der Waals surface area contributed by atoms with Gasteiger partial charge in [-0.2, -0.15) is 0 Å². The Morgan fingerprint density at radius 1 is 1.00 bits per heavy atom. The maximum atomic E-state index is 12.5. The number of aliphatic hydroxyl groups excluding tert-OH is 1. The molecule has 1 aromatic heterocycles. The van der Waals surface area contributed by atoms with Gasteiger partial charge in [-0.25, -0.2) is 17.2 Å². The molecular formula is C14H11NO6S. The highest BCUT2D eigenvalue weighted by atomic mass is 32.2. The zero-order valence-corrected chi connectivity index (χ0v) is 11.9. The Morgan fingerprint density at radius 3 is 2.23 bits per heavy atom. The van der Waals surface area contributed by atoms with Crippen molar-refractivity contribution in [3.63, 3.8) is 0 Å². The number of hydrogen-bond donors (Lipinski definition) is 2. The minimum atomic E-state index is -3.97. The van der Waals surface area contributed by atoms with Gasteiger partial charge in [-0.05, 0) is 24.3 Å². The highest BCUT2D eigenvalue weighted by Gasteiger charge is 2.21. The Bertz CT molecular complexity index is 848. The predicted octanol–water partition coefficient (Wildman–Crippen LogP) is 1.28. The number of carboxylic acid groups (broad SMARTS) is 1. The molecule has 0 spiro atoms. The van der Waals surface area contributed by atoms with Crippen molar-refractivity contribution in [2.45, 2.75) is 4.90 Å². The quantitative estimate of drug-likeness (QED) is 0.487. The second-order valence-corrected chi connectivity index (χ2v) is 6.02. The number of aliphatic hydroxyl groups is 1. The van der Waals surface area contributed by atoms with Crippen LogP contribution in [0.25, 0.3) is 5.76 Å². The molecule has 0 unspecified atom stereocenters. The lowest BCUT2D eigenvalue weighted by atomic mass is 10.3. The van der Waals surface area contributed by atoms with E-state index in [1.54, 1.807) is 18.2 Å². The van der Waals surface area contributed by atoms with Crippen molar-refractivity contribution in [3.05, 3.63) is 60.4 Å². The van der Waals surface area contributed by atoms with Crippen molar-refractivity contribution < 1.29 is 28.2 Å². The topological polar surface area (TPSA) is 114 Å². The molecule has 0 aliphatic rings. The van der Waals surface area contributed by atoms with E-state index in [9.17, 15) is 23.1 Å². The average molecular weight is 321 g/mol. The van der Waals surface area contributed by atoms with Gasteiger partial charge in [-0.1, -0.05) is 18.2 Å². The molecule has 2 rings (SSSR count). The fraction of sp³-hybridized carbons (Fsp3) is 0. The van der Waals surface area contributed by atoms with E-state index in [0.29, 0.717) is 6.08 Å². The Hall–Kier alpha value is -2.87. The third kappa shape index (κ3) is 2.91. The van der Waals surface area contributed by atoms with E-state index in [1.807, 2.05) is 0 Å². The van der Waals surface area contributed by atoms with E-state index < -0.39 is 27.5 Å². The second-order valence-electron chi connectivity index (χ2n) is 4.21.